The third kappa shape index (κ3) is 3.10. The van der Waals surface area contributed by atoms with E-state index in [1.807, 2.05) is 26.8 Å². The van der Waals surface area contributed by atoms with Crippen molar-refractivity contribution < 1.29 is 14.1 Å². The van der Waals surface area contributed by atoms with E-state index in [1.54, 1.807) is 11.8 Å². The maximum Gasteiger partial charge on any atom is 0.259 e. The Labute approximate surface area is 146 Å². The first-order valence-electron chi connectivity index (χ1n) is 8.79. The summed E-state index contributed by atoms with van der Waals surface area (Å²) in [5.74, 6) is -0.0933. The Morgan fingerprint density at radius 1 is 1.48 bits per heavy atom. The van der Waals surface area contributed by atoms with E-state index in [1.165, 1.54) is 0 Å². The number of pyridine rings is 1. The van der Waals surface area contributed by atoms with Gasteiger partial charge in [-0.3, -0.25) is 9.59 Å². The lowest BCUT2D eigenvalue weighted by Gasteiger charge is -2.35. The van der Waals surface area contributed by atoms with Gasteiger partial charge in [-0.05, 0) is 25.3 Å². The minimum atomic E-state index is -0.433. The van der Waals surface area contributed by atoms with Crippen LogP contribution in [-0.2, 0) is 4.79 Å². The predicted octanol–water partition coefficient (Wildman–Crippen LogP) is 2.40. The van der Waals surface area contributed by atoms with Gasteiger partial charge in [-0.1, -0.05) is 32.3 Å². The number of carbonyl (C=O) groups is 2. The zero-order chi connectivity index (χ0) is 18.1. The van der Waals surface area contributed by atoms with Crippen LogP contribution in [-0.4, -0.2) is 46.0 Å². The Kier molecular flexibility index (Phi) is 4.74. The van der Waals surface area contributed by atoms with Crippen LogP contribution in [0.15, 0.2) is 10.6 Å². The van der Waals surface area contributed by atoms with Crippen LogP contribution in [0, 0.1) is 6.92 Å². The Morgan fingerprint density at radius 3 is 2.92 bits per heavy atom. The SMILES string of the molecule is CCC[C@H]1C(=O)NCCN1C(=O)c1cc(C(C)C)nc2onc(C)c12. The number of hydrogen-bond donors (Lipinski definition) is 1. The van der Waals surface area contributed by atoms with Gasteiger partial charge in [-0.2, -0.15) is 0 Å². The van der Waals surface area contributed by atoms with E-state index >= 15 is 0 Å². The average molecular weight is 344 g/mol. The van der Waals surface area contributed by atoms with Gasteiger partial charge in [0.15, 0.2) is 0 Å². The van der Waals surface area contributed by atoms with Crippen LogP contribution < -0.4 is 5.32 Å². The van der Waals surface area contributed by atoms with Crippen molar-refractivity contribution in [3.63, 3.8) is 0 Å². The number of nitrogens with one attached hydrogen (secondary N) is 1. The molecule has 1 saturated heterocycles. The van der Waals surface area contributed by atoms with Crippen molar-refractivity contribution in [3.05, 3.63) is 23.0 Å². The fraction of sp³-hybridized carbons (Fsp3) is 0.556. The van der Waals surface area contributed by atoms with Crippen molar-refractivity contribution in [3.8, 4) is 0 Å². The van der Waals surface area contributed by atoms with Gasteiger partial charge in [0.1, 0.15) is 6.04 Å². The summed E-state index contributed by atoms with van der Waals surface area (Å²) in [6.45, 7) is 8.81. The molecule has 3 heterocycles. The van der Waals surface area contributed by atoms with Crippen molar-refractivity contribution in [1.82, 2.24) is 20.4 Å². The number of amides is 2. The van der Waals surface area contributed by atoms with Gasteiger partial charge in [-0.25, -0.2) is 4.98 Å². The standard InChI is InChI=1S/C18H24N4O3/c1-5-6-14-16(23)19-7-8-22(14)18(24)12-9-13(10(2)3)20-17-15(12)11(4)21-25-17/h9-10,14H,5-8H2,1-4H3,(H,19,23)/t14-/m0/s1. The number of rotatable bonds is 4. The quantitative estimate of drug-likeness (QED) is 0.920. The van der Waals surface area contributed by atoms with E-state index in [0.29, 0.717) is 41.9 Å². The van der Waals surface area contributed by atoms with Gasteiger partial charge in [0.2, 0.25) is 5.91 Å². The second kappa shape index (κ2) is 6.82. The zero-order valence-electron chi connectivity index (χ0n) is 15.1. The number of aryl methyl sites for hydroxylation is 1. The van der Waals surface area contributed by atoms with Gasteiger partial charge < -0.3 is 14.7 Å². The highest BCUT2D eigenvalue weighted by Gasteiger charge is 2.34. The lowest BCUT2D eigenvalue weighted by Crippen LogP contribution is -2.57. The molecule has 2 amide bonds. The number of hydrogen-bond acceptors (Lipinski definition) is 5. The highest BCUT2D eigenvalue weighted by atomic mass is 16.5. The molecule has 0 saturated carbocycles. The summed E-state index contributed by atoms with van der Waals surface area (Å²) < 4.78 is 5.30. The monoisotopic (exact) mass is 344 g/mol. The third-order valence-electron chi connectivity index (χ3n) is 4.61. The van der Waals surface area contributed by atoms with Crippen molar-refractivity contribution in [2.75, 3.05) is 13.1 Å². The number of carbonyl (C=O) groups excluding carboxylic acids is 2. The minimum Gasteiger partial charge on any atom is -0.353 e. The maximum atomic E-state index is 13.3. The van der Waals surface area contributed by atoms with Crippen molar-refractivity contribution in [2.45, 2.75) is 52.5 Å². The second-order valence-electron chi connectivity index (χ2n) is 6.79. The lowest BCUT2D eigenvalue weighted by atomic mass is 10.0. The van der Waals surface area contributed by atoms with Crippen LogP contribution in [0.2, 0.25) is 0 Å². The largest absolute Gasteiger partial charge is 0.353 e. The van der Waals surface area contributed by atoms with Crippen LogP contribution in [0.1, 0.15) is 61.3 Å². The molecular formula is C18H24N4O3. The number of nitrogens with zero attached hydrogens (tertiary/aromatic N) is 3. The van der Waals surface area contributed by atoms with E-state index in [-0.39, 0.29) is 17.7 Å². The highest BCUT2D eigenvalue weighted by Crippen LogP contribution is 2.27. The molecule has 2 aromatic rings. The molecule has 0 radical (unpaired) electrons. The van der Waals surface area contributed by atoms with E-state index < -0.39 is 6.04 Å². The highest BCUT2D eigenvalue weighted by molar-refractivity contribution is 6.07. The van der Waals surface area contributed by atoms with Gasteiger partial charge in [-0.15, -0.1) is 0 Å². The molecule has 7 heteroatoms. The molecule has 1 aliphatic rings. The zero-order valence-corrected chi connectivity index (χ0v) is 15.1. The van der Waals surface area contributed by atoms with Crippen LogP contribution in [0.4, 0.5) is 0 Å². The summed E-state index contributed by atoms with van der Waals surface area (Å²) in [6, 6.07) is 1.38. The first-order chi connectivity index (χ1) is 11.9. The molecule has 0 spiro atoms. The lowest BCUT2D eigenvalue weighted by molar-refractivity contribution is -0.128. The number of fused-ring (bicyclic) bond motifs is 1. The van der Waals surface area contributed by atoms with Crippen molar-refractivity contribution in [2.24, 2.45) is 0 Å². The van der Waals surface area contributed by atoms with E-state index in [2.05, 4.69) is 15.5 Å². The topological polar surface area (TPSA) is 88.3 Å². The fourth-order valence-electron chi connectivity index (χ4n) is 3.25. The summed E-state index contributed by atoms with van der Waals surface area (Å²) in [7, 11) is 0. The summed E-state index contributed by atoms with van der Waals surface area (Å²) in [5, 5.41) is 7.45. The van der Waals surface area contributed by atoms with Crippen LogP contribution in [0.3, 0.4) is 0 Å². The number of piperazine rings is 1. The molecule has 2 aromatic heterocycles. The molecule has 1 aliphatic heterocycles. The maximum absolute atomic E-state index is 13.3. The first kappa shape index (κ1) is 17.4. The Bertz CT molecular complexity index is 812. The van der Waals surface area contributed by atoms with Gasteiger partial charge in [0.25, 0.3) is 11.6 Å². The Hall–Kier alpha value is -2.44. The van der Waals surface area contributed by atoms with Crippen LogP contribution in [0.5, 0.6) is 0 Å². The van der Waals surface area contributed by atoms with E-state index in [4.69, 9.17) is 4.52 Å². The van der Waals surface area contributed by atoms with Crippen molar-refractivity contribution in [1.29, 1.82) is 0 Å². The summed E-state index contributed by atoms with van der Waals surface area (Å²) >= 11 is 0. The molecule has 25 heavy (non-hydrogen) atoms. The normalized spacial score (nSPS) is 18.0. The van der Waals surface area contributed by atoms with Crippen LogP contribution >= 0.6 is 0 Å². The molecule has 134 valence electrons. The summed E-state index contributed by atoms with van der Waals surface area (Å²) in [6.07, 6.45) is 1.47. The third-order valence-corrected chi connectivity index (χ3v) is 4.61. The first-order valence-corrected chi connectivity index (χ1v) is 8.79. The van der Waals surface area contributed by atoms with Gasteiger partial charge in [0, 0.05) is 18.8 Å². The second-order valence-corrected chi connectivity index (χ2v) is 6.79. The summed E-state index contributed by atoms with van der Waals surface area (Å²) in [4.78, 5) is 31.7. The predicted molar refractivity (Wildman–Crippen MR) is 93.4 cm³/mol. The minimum absolute atomic E-state index is 0.0853. The fourth-order valence-corrected chi connectivity index (χ4v) is 3.25. The molecule has 1 atom stereocenters. The van der Waals surface area contributed by atoms with Crippen molar-refractivity contribution >= 4 is 22.9 Å². The molecule has 7 nitrogen and oxygen atoms in total. The Morgan fingerprint density at radius 2 is 2.24 bits per heavy atom. The summed E-state index contributed by atoms with van der Waals surface area (Å²) in [5.41, 5.74) is 2.30. The van der Waals surface area contributed by atoms with Gasteiger partial charge >= 0.3 is 0 Å². The molecule has 0 bridgehead atoms. The molecule has 0 aliphatic carbocycles. The molecule has 0 unspecified atom stereocenters. The molecule has 1 N–H and O–H groups in total. The van der Waals surface area contributed by atoms with E-state index in [9.17, 15) is 9.59 Å². The molecule has 0 aromatic carbocycles. The number of aromatic nitrogens is 2. The smallest absolute Gasteiger partial charge is 0.259 e. The average Bonchev–Trinajstić information content (AvgIpc) is 2.96. The molecule has 1 fully saturated rings. The molecular weight excluding hydrogens is 320 g/mol. The van der Waals surface area contributed by atoms with Crippen LogP contribution in [0.25, 0.3) is 11.1 Å². The van der Waals surface area contributed by atoms with E-state index in [0.717, 1.165) is 12.1 Å². The molecule has 3 rings (SSSR count). The Balaban J connectivity index is 2.09. The van der Waals surface area contributed by atoms with Gasteiger partial charge in [0.05, 0.1) is 16.6 Å².